The van der Waals surface area contributed by atoms with Crippen molar-refractivity contribution in [3.05, 3.63) is 137 Å². The summed E-state index contributed by atoms with van der Waals surface area (Å²) in [7, 11) is 0. The van der Waals surface area contributed by atoms with Crippen molar-refractivity contribution in [3.8, 4) is 22.6 Å². The second kappa shape index (κ2) is 13.1. The zero-order chi connectivity index (χ0) is 42.2. The Bertz CT molecular complexity index is 2880. The number of aryl methyl sites for hydroxylation is 3. The first-order valence-electron chi connectivity index (χ1n) is 21.5. The van der Waals surface area contributed by atoms with Gasteiger partial charge in [0.1, 0.15) is 5.58 Å². The Morgan fingerprint density at radius 1 is 0.533 bits per heavy atom. The van der Waals surface area contributed by atoms with Crippen molar-refractivity contribution < 1.29 is 13.9 Å². The van der Waals surface area contributed by atoms with Crippen LogP contribution in [0.2, 0.25) is 0 Å². The van der Waals surface area contributed by atoms with Crippen molar-refractivity contribution in [2.45, 2.75) is 99.3 Å². The predicted molar refractivity (Wildman–Crippen MR) is 252 cm³/mol. The molecule has 0 bridgehead atoms. The zero-order valence-electron chi connectivity index (χ0n) is 37.2. The zero-order valence-corrected chi connectivity index (χ0v) is 37.2. The Morgan fingerprint density at radius 3 is 1.78 bits per heavy atom. The first-order valence-corrected chi connectivity index (χ1v) is 21.5. The first-order chi connectivity index (χ1) is 28.4. The van der Waals surface area contributed by atoms with Crippen molar-refractivity contribution in [1.29, 1.82) is 0 Å². The molecule has 0 radical (unpaired) electrons. The molecule has 4 heterocycles. The van der Waals surface area contributed by atoms with Crippen molar-refractivity contribution in [2.24, 2.45) is 0 Å². The average molecular weight is 791 g/mol. The van der Waals surface area contributed by atoms with Crippen LogP contribution in [0.3, 0.4) is 0 Å². The molecule has 0 N–H and O–H groups in total. The van der Waals surface area contributed by atoms with Crippen molar-refractivity contribution in [3.63, 3.8) is 0 Å². The maximum Gasteiger partial charge on any atom is 0.297 e. The Morgan fingerprint density at radius 2 is 1.13 bits per heavy atom. The highest BCUT2D eigenvalue weighted by Crippen LogP contribution is 2.52. The monoisotopic (exact) mass is 790 g/mol. The molecule has 3 aliphatic heterocycles. The topological polar surface area (TPSA) is 38.1 Å². The van der Waals surface area contributed by atoms with Crippen LogP contribution in [0.4, 0.5) is 34.1 Å². The van der Waals surface area contributed by atoms with E-state index >= 15 is 0 Å². The van der Waals surface area contributed by atoms with Crippen LogP contribution in [0.1, 0.15) is 95.7 Å². The number of furan rings is 1. The third kappa shape index (κ3) is 5.89. The van der Waals surface area contributed by atoms with E-state index in [-0.39, 0.29) is 29.8 Å². The molecule has 6 heteroatoms. The number of nitrogens with zero attached hydrogens (tertiary/aromatic N) is 2. The van der Waals surface area contributed by atoms with Gasteiger partial charge in [-0.15, -0.1) is 0 Å². The maximum absolute atomic E-state index is 7.28. The highest BCUT2D eigenvalue weighted by molar-refractivity contribution is 7.00. The predicted octanol–water partition coefficient (Wildman–Crippen LogP) is 12.7. The molecule has 0 spiro atoms. The number of hydrogen-bond acceptors (Lipinski definition) is 5. The van der Waals surface area contributed by atoms with Crippen molar-refractivity contribution in [1.82, 2.24) is 0 Å². The number of rotatable bonds is 3. The van der Waals surface area contributed by atoms with E-state index in [0.717, 1.165) is 56.3 Å². The number of benzene rings is 6. The van der Waals surface area contributed by atoms with E-state index in [4.69, 9.17) is 13.9 Å². The minimum Gasteiger partial charge on any atom is -0.468 e. The molecule has 0 saturated carbocycles. The second-order valence-corrected chi connectivity index (χ2v) is 20.4. The van der Waals surface area contributed by atoms with Crippen LogP contribution < -0.4 is 35.9 Å². The molecule has 0 amide bonds. The van der Waals surface area contributed by atoms with E-state index in [2.05, 4.69) is 196 Å². The molecule has 10 rings (SSSR count). The average Bonchev–Trinajstić information content (AvgIpc) is 3.80. The lowest BCUT2D eigenvalue weighted by molar-refractivity contribution is 0.174. The molecule has 3 aliphatic rings. The molecule has 302 valence electrons. The summed E-state index contributed by atoms with van der Waals surface area (Å²) in [5.74, 6) is 1.52. The molecule has 0 unspecified atom stereocenters. The van der Waals surface area contributed by atoms with Crippen LogP contribution in [-0.2, 0) is 16.2 Å². The molecule has 6 aromatic carbocycles. The number of hydrogen-bond donors (Lipinski definition) is 0. The third-order valence-corrected chi connectivity index (χ3v) is 12.9. The van der Waals surface area contributed by atoms with Gasteiger partial charge in [0, 0.05) is 34.1 Å². The van der Waals surface area contributed by atoms with Gasteiger partial charge in [0.15, 0.2) is 11.5 Å². The van der Waals surface area contributed by atoms with Gasteiger partial charge in [-0.3, -0.25) is 0 Å². The first kappa shape index (κ1) is 38.3. The Kier molecular flexibility index (Phi) is 8.34. The van der Waals surface area contributed by atoms with Crippen LogP contribution in [0, 0.1) is 20.8 Å². The van der Waals surface area contributed by atoms with E-state index in [1.807, 2.05) is 0 Å². The summed E-state index contributed by atoms with van der Waals surface area (Å²) in [4.78, 5) is 5.03. The summed E-state index contributed by atoms with van der Waals surface area (Å²) in [6.07, 6.45) is 0. The van der Waals surface area contributed by atoms with Crippen LogP contribution in [-0.4, -0.2) is 13.5 Å². The second-order valence-electron chi connectivity index (χ2n) is 20.4. The van der Waals surface area contributed by atoms with Gasteiger partial charge in [-0.25, -0.2) is 0 Å². The van der Waals surface area contributed by atoms with Crippen LogP contribution in [0.25, 0.3) is 22.1 Å². The molecule has 1 aromatic heterocycles. The van der Waals surface area contributed by atoms with Gasteiger partial charge in [0.25, 0.3) is 6.71 Å². The van der Waals surface area contributed by atoms with Gasteiger partial charge in [-0.1, -0.05) is 117 Å². The van der Waals surface area contributed by atoms with Gasteiger partial charge in [0.2, 0.25) is 6.79 Å². The number of ether oxygens (including phenoxy) is 2. The van der Waals surface area contributed by atoms with Gasteiger partial charge < -0.3 is 23.7 Å². The normalized spacial score (nSPS) is 14.4. The minimum absolute atomic E-state index is 0.00784. The molecule has 0 fully saturated rings. The standard InChI is InChI=1S/C54H55BN2O3/c1-31-22-43-48-44(23-31)57(49-32(2)24-37(25-33(49)3)54(10,11)12)50-39-27-36(53(7,8)9)19-21-45(39)60-51(50)55(48)40-28-46-47(59-30-58-46)29-42(40)56(43)41-20-18-35(52(4,5)6)26-38(41)34-16-14-13-15-17-34/h13-29H,30H2,1-12H3. The van der Waals surface area contributed by atoms with Crippen LogP contribution in [0.5, 0.6) is 11.5 Å². The molecule has 7 aromatic rings. The summed E-state index contributed by atoms with van der Waals surface area (Å²) in [6.45, 7) is 27.4. The Hall–Kier alpha value is -5.88. The summed E-state index contributed by atoms with van der Waals surface area (Å²) < 4.78 is 19.6. The van der Waals surface area contributed by atoms with E-state index in [1.165, 1.54) is 61.3 Å². The third-order valence-electron chi connectivity index (χ3n) is 12.9. The van der Waals surface area contributed by atoms with E-state index in [0.29, 0.717) is 0 Å². The fourth-order valence-corrected chi connectivity index (χ4v) is 9.75. The van der Waals surface area contributed by atoms with Gasteiger partial charge in [0.05, 0.1) is 22.7 Å². The lowest BCUT2D eigenvalue weighted by Gasteiger charge is -2.44. The van der Waals surface area contributed by atoms with Gasteiger partial charge >= 0.3 is 0 Å². The summed E-state index contributed by atoms with van der Waals surface area (Å²) >= 11 is 0. The molecule has 0 aliphatic carbocycles. The van der Waals surface area contributed by atoms with Gasteiger partial charge in [-0.2, -0.15) is 0 Å². The fourth-order valence-electron chi connectivity index (χ4n) is 9.75. The highest BCUT2D eigenvalue weighted by Gasteiger charge is 2.48. The number of anilines is 6. The molecule has 0 saturated heterocycles. The van der Waals surface area contributed by atoms with Crippen LogP contribution >= 0.6 is 0 Å². The maximum atomic E-state index is 7.28. The molecule has 0 atom stereocenters. The molecule has 5 nitrogen and oxygen atoms in total. The summed E-state index contributed by atoms with van der Waals surface area (Å²) in [6, 6.07) is 38.6. The van der Waals surface area contributed by atoms with Crippen molar-refractivity contribution >= 4 is 68.4 Å². The molecule has 60 heavy (non-hydrogen) atoms. The van der Waals surface area contributed by atoms with E-state index in [1.54, 1.807) is 0 Å². The van der Waals surface area contributed by atoms with Crippen molar-refractivity contribution in [2.75, 3.05) is 16.6 Å². The molecular weight excluding hydrogens is 735 g/mol. The summed E-state index contributed by atoms with van der Waals surface area (Å²) in [5, 5.41) is 1.12. The van der Waals surface area contributed by atoms with E-state index < -0.39 is 0 Å². The highest BCUT2D eigenvalue weighted by atomic mass is 16.7. The quantitative estimate of drug-likeness (QED) is 0.167. The lowest BCUT2D eigenvalue weighted by atomic mass is 9.35. The largest absolute Gasteiger partial charge is 0.468 e. The summed E-state index contributed by atoms with van der Waals surface area (Å²) in [5.41, 5.74) is 20.8. The smallest absolute Gasteiger partial charge is 0.297 e. The SMILES string of the molecule is Cc1cc2c3c(c1)N(c1c(C)cc(C(C)(C)C)cc1C)c1c(oc4ccc(C(C)(C)C)cc14)B3c1cc3c(cc1N2c1ccc(C(C)(C)C)cc1-c1ccccc1)OCO3. The van der Waals surface area contributed by atoms with Gasteiger partial charge in [-0.05, 0) is 129 Å². The lowest BCUT2D eigenvalue weighted by Crippen LogP contribution is -2.61. The Balaban J connectivity index is 1.34. The number of fused-ring (bicyclic) bond motifs is 7. The Labute approximate surface area is 356 Å². The molecular formula is C54H55BN2O3. The minimum atomic E-state index is -0.212. The van der Waals surface area contributed by atoms with E-state index in [9.17, 15) is 0 Å². The fraction of sp³-hybridized carbons (Fsp3) is 0.296. The van der Waals surface area contributed by atoms with Crippen LogP contribution in [0.15, 0.2) is 108 Å².